The topological polar surface area (TPSA) is 67.4 Å². The maximum atomic E-state index is 5.60. The average molecular weight is 534 g/mol. The summed E-state index contributed by atoms with van der Waals surface area (Å²) in [5.41, 5.74) is 1.15. The van der Waals surface area contributed by atoms with Crippen molar-refractivity contribution in [3.8, 4) is 5.75 Å². The van der Waals surface area contributed by atoms with E-state index in [1.54, 1.807) is 7.11 Å². The van der Waals surface area contributed by atoms with Gasteiger partial charge in [-0.3, -0.25) is 4.99 Å². The summed E-state index contributed by atoms with van der Waals surface area (Å²) in [7, 11) is 1.72. The molecule has 1 fully saturated rings. The number of unbranched alkanes of at least 4 members (excludes halogenated alkanes) is 1. The van der Waals surface area contributed by atoms with E-state index in [0.717, 1.165) is 62.9 Å². The summed E-state index contributed by atoms with van der Waals surface area (Å²) in [5, 5.41) is 6.88. The largest absolute Gasteiger partial charge is 0.495 e. The van der Waals surface area contributed by atoms with Crippen LogP contribution >= 0.6 is 24.0 Å². The predicted molar refractivity (Wildman–Crippen MR) is 135 cm³/mol. The summed E-state index contributed by atoms with van der Waals surface area (Å²) in [6, 6.07) is 8.54. The van der Waals surface area contributed by atoms with Gasteiger partial charge in [-0.05, 0) is 31.9 Å². The minimum atomic E-state index is 0. The lowest BCUT2D eigenvalue weighted by atomic mass is 10.2. The fourth-order valence-electron chi connectivity index (χ4n) is 3.29. The van der Waals surface area contributed by atoms with Crippen molar-refractivity contribution < 1.29 is 14.2 Å². The first kappa shape index (κ1) is 26.8. The fourth-order valence-corrected chi connectivity index (χ4v) is 3.29. The van der Waals surface area contributed by atoms with Crippen molar-refractivity contribution in [1.82, 2.24) is 10.6 Å². The Labute approximate surface area is 199 Å². The summed E-state index contributed by atoms with van der Waals surface area (Å²) in [4.78, 5) is 7.00. The molecule has 1 heterocycles. The Balaban J connectivity index is 0.00000450. The average Bonchev–Trinajstić information content (AvgIpc) is 3.21. The van der Waals surface area contributed by atoms with Crippen LogP contribution in [0.1, 0.15) is 33.1 Å². The maximum absolute atomic E-state index is 5.60. The molecule has 172 valence electrons. The van der Waals surface area contributed by atoms with Crippen molar-refractivity contribution in [2.75, 3.05) is 64.6 Å². The molecule has 2 rings (SSSR count). The highest BCUT2D eigenvalue weighted by atomic mass is 127. The number of guanidine groups is 1. The van der Waals surface area contributed by atoms with E-state index in [9.17, 15) is 0 Å². The third-order valence-electron chi connectivity index (χ3n) is 4.82. The maximum Gasteiger partial charge on any atom is 0.191 e. The molecule has 1 aliphatic rings. The number of nitrogens with one attached hydrogen (secondary N) is 2. The highest BCUT2D eigenvalue weighted by Gasteiger charge is 2.25. The molecule has 0 bridgehead atoms. The van der Waals surface area contributed by atoms with Crippen LogP contribution in [0.15, 0.2) is 29.3 Å². The van der Waals surface area contributed by atoms with Crippen LogP contribution in [0.5, 0.6) is 5.75 Å². The van der Waals surface area contributed by atoms with Gasteiger partial charge in [0.2, 0.25) is 0 Å². The standard InChI is InChI=1S/C22H38N4O3.HI/c1-4-6-14-28-16-17-29-15-12-24-22(23-5-2)25-19-11-13-26(18-19)20-9-7-8-10-21(20)27-3;/h7-10,19H,4-6,11-18H2,1-3H3,(H2,23,24,25);1H. The quantitative estimate of drug-likeness (QED) is 0.175. The first-order valence-corrected chi connectivity index (χ1v) is 10.9. The van der Waals surface area contributed by atoms with Crippen molar-refractivity contribution >= 4 is 35.6 Å². The summed E-state index contributed by atoms with van der Waals surface area (Å²) in [5.74, 6) is 1.77. The van der Waals surface area contributed by atoms with Gasteiger partial charge in [0.25, 0.3) is 0 Å². The van der Waals surface area contributed by atoms with E-state index in [1.807, 2.05) is 12.1 Å². The molecule has 0 aromatic heterocycles. The summed E-state index contributed by atoms with van der Waals surface area (Å²) in [6.45, 7) is 10.3. The van der Waals surface area contributed by atoms with Gasteiger partial charge in [-0.15, -0.1) is 24.0 Å². The highest BCUT2D eigenvalue weighted by molar-refractivity contribution is 14.0. The van der Waals surface area contributed by atoms with Gasteiger partial charge in [-0.25, -0.2) is 0 Å². The number of methoxy groups -OCH3 is 1. The Morgan fingerprint density at radius 2 is 1.90 bits per heavy atom. The lowest BCUT2D eigenvalue weighted by molar-refractivity contribution is 0.0497. The van der Waals surface area contributed by atoms with Crippen LogP contribution in [-0.2, 0) is 9.47 Å². The Bertz CT molecular complexity index is 604. The van der Waals surface area contributed by atoms with Crippen LogP contribution < -0.4 is 20.3 Å². The van der Waals surface area contributed by atoms with E-state index in [0.29, 0.717) is 32.4 Å². The van der Waals surface area contributed by atoms with Crippen molar-refractivity contribution in [3.63, 3.8) is 0 Å². The molecule has 1 unspecified atom stereocenters. The Morgan fingerprint density at radius 1 is 1.13 bits per heavy atom. The lowest BCUT2D eigenvalue weighted by Gasteiger charge is -2.22. The Kier molecular flexibility index (Phi) is 14.7. The first-order valence-electron chi connectivity index (χ1n) is 10.9. The summed E-state index contributed by atoms with van der Waals surface area (Å²) < 4.78 is 16.6. The van der Waals surface area contributed by atoms with E-state index in [1.165, 1.54) is 0 Å². The third kappa shape index (κ3) is 9.70. The van der Waals surface area contributed by atoms with Crippen LogP contribution in [0, 0.1) is 0 Å². The van der Waals surface area contributed by atoms with E-state index in [2.05, 4.69) is 46.5 Å². The smallest absolute Gasteiger partial charge is 0.191 e. The first-order chi connectivity index (χ1) is 14.3. The number of ether oxygens (including phenoxy) is 3. The molecular weight excluding hydrogens is 495 g/mol. The predicted octanol–water partition coefficient (Wildman–Crippen LogP) is 3.28. The van der Waals surface area contributed by atoms with Crippen molar-refractivity contribution in [2.45, 2.75) is 39.2 Å². The molecular formula is C22H39IN4O3. The third-order valence-corrected chi connectivity index (χ3v) is 4.82. The molecule has 8 heteroatoms. The molecule has 0 saturated carbocycles. The normalized spacial score (nSPS) is 16.3. The summed E-state index contributed by atoms with van der Waals surface area (Å²) >= 11 is 0. The van der Waals surface area contributed by atoms with Crippen molar-refractivity contribution in [1.29, 1.82) is 0 Å². The second-order valence-electron chi connectivity index (χ2n) is 7.09. The Hall–Kier alpha value is -1.26. The van der Waals surface area contributed by atoms with Crippen molar-refractivity contribution in [3.05, 3.63) is 24.3 Å². The lowest BCUT2D eigenvalue weighted by Crippen LogP contribution is -2.44. The van der Waals surface area contributed by atoms with Crippen LogP contribution in [0.4, 0.5) is 5.69 Å². The van der Waals surface area contributed by atoms with Gasteiger partial charge in [-0.1, -0.05) is 25.5 Å². The molecule has 1 aromatic carbocycles. The minimum absolute atomic E-state index is 0. The molecule has 0 aliphatic carbocycles. The molecule has 1 aliphatic heterocycles. The van der Waals surface area contributed by atoms with E-state index in [4.69, 9.17) is 14.2 Å². The zero-order valence-electron chi connectivity index (χ0n) is 18.7. The SMILES string of the molecule is CCCCOCCOCCN=C(NCC)NC1CCN(c2ccccc2OC)C1.I. The number of hydrogen-bond donors (Lipinski definition) is 2. The van der Waals surface area contributed by atoms with Gasteiger partial charge in [0.05, 0.1) is 39.2 Å². The Morgan fingerprint density at radius 3 is 2.63 bits per heavy atom. The molecule has 2 N–H and O–H groups in total. The van der Waals surface area contributed by atoms with E-state index in [-0.39, 0.29) is 24.0 Å². The van der Waals surface area contributed by atoms with Gasteiger partial charge in [0.15, 0.2) is 5.96 Å². The number of para-hydroxylation sites is 2. The minimum Gasteiger partial charge on any atom is -0.495 e. The molecule has 7 nitrogen and oxygen atoms in total. The number of anilines is 1. The van der Waals surface area contributed by atoms with Crippen LogP contribution in [-0.4, -0.2) is 71.7 Å². The molecule has 0 spiro atoms. The molecule has 1 saturated heterocycles. The molecule has 1 atom stereocenters. The number of benzene rings is 1. The number of aliphatic imine (C=N–C) groups is 1. The van der Waals surface area contributed by atoms with E-state index < -0.39 is 0 Å². The highest BCUT2D eigenvalue weighted by Crippen LogP contribution is 2.30. The number of hydrogen-bond acceptors (Lipinski definition) is 5. The van der Waals surface area contributed by atoms with Gasteiger partial charge in [-0.2, -0.15) is 0 Å². The number of halogens is 1. The molecule has 0 radical (unpaired) electrons. The van der Waals surface area contributed by atoms with Crippen LogP contribution in [0.3, 0.4) is 0 Å². The zero-order chi connectivity index (χ0) is 20.7. The van der Waals surface area contributed by atoms with Gasteiger partial charge >= 0.3 is 0 Å². The number of rotatable bonds is 13. The van der Waals surface area contributed by atoms with E-state index >= 15 is 0 Å². The van der Waals surface area contributed by atoms with Crippen LogP contribution in [0.2, 0.25) is 0 Å². The van der Waals surface area contributed by atoms with Crippen LogP contribution in [0.25, 0.3) is 0 Å². The summed E-state index contributed by atoms with van der Waals surface area (Å²) in [6.07, 6.45) is 3.33. The molecule has 0 amide bonds. The van der Waals surface area contributed by atoms with Gasteiger partial charge in [0, 0.05) is 32.3 Å². The van der Waals surface area contributed by atoms with Crippen molar-refractivity contribution in [2.24, 2.45) is 4.99 Å². The van der Waals surface area contributed by atoms with Gasteiger partial charge < -0.3 is 29.7 Å². The molecule has 1 aromatic rings. The zero-order valence-corrected chi connectivity index (χ0v) is 21.0. The second kappa shape index (κ2) is 16.4. The number of nitrogens with zero attached hydrogens (tertiary/aromatic N) is 2. The second-order valence-corrected chi connectivity index (χ2v) is 7.09. The van der Waals surface area contributed by atoms with Gasteiger partial charge in [0.1, 0.15) is 5.75 Å². The monoisotopic (exact) mass is 534 g/mol. The molecule has 30 heavy (non-hydrogen) atoms. The fraction of sp³-hybridized carbons (Fsp3) is 0.682.